The van der Waals surface area contributed by atoms with Crippen LogP contribution in [0.3, 0.4) is 0 Å². The summed E-state index contributed by atoms with van der Waals surface area (Å²) in [5.41, 5.74) is 0. The molecular formula is C17H26O9. The van der Waals surface area contributed by atoms with Gasteiger partial charge < -0.3 is 33.2 Å². The summed E-state index contributed by atoms with van der Waals surface area (Å²) in [4.78, 5) is 23.1. The summed E-state index contributed by atoms with van der Waals surface area (Å²) >= 11 is 0. The van der Waals surface area contributed by atoms with Crippen LogP contribution in [0.15, 0.2) is 0 Å². The van der Waals surface area contributed by atoms with E-state index >= 15 is 0 Å². The molecule has 3 heterocycles. The normalized spacial score (nSPS) is 40.7. The Morgan fingerprint density at radius 2 is 1.46 bits per heavy atom. The number of esters is 2. The van der Waals surface area contributed by atoms with E-state index in [1.807, 2.05) is 0 Å². The summed E-state index contributed by atoms with van der Waals surface area (Å²) in [6, 6.07) is 0. The van der Waals surface area contributed by atoms with Gasteiger partial charge in [0, 0.05) is 13.8 Å². The zero-order valence-corrected chi connectivity index (χ0v) is 15.8. The molecule has 3 aliphatic rings. The maximum absolute atomic E-state index is 11.6. The van der Waals surface area contributed by atoms with Crippen LogP contribution in [-0.2, 0) is 42.7 Å². The zero-order valence-electron chi connectivity index (χ0n) is 15.8. The SMILES string of the molecule is CC(=O)O[C@@H]1O[C@@H]([C@@H]2COC(C)(C)O2)[C@H]2OC(C)(C)O[C@H]2[C@H]1OC(C)=O. The second kappa shape index (κ2) is 6.72. The Morgan fingerprint density at radius 1 is 0.846 bits per heavy atom. The van der Waals surface area contributed by atoms with Crippen molar-refractivity contribution in [3.8, 4) is 0 Å². The molecule has 3 fully saturated rings. The predicted molar refractivity (Wildman–Crippen MR) is 84.7 cm³/mol. The van der Waals surface area contributed by atoms with Gasteiger partial charge in [0.1, 0.15) is 24.4 Å². The number of hydrogen-bond donors (Lipinski definition) is 0. The average molecular weight is 374 g/mol. The Morgan fingerprint density at radius 3 is 2.00 bits per heavy atom. The van der Waals surface area contributed by atoms with Gasteiger partial charge in [0.15, 0.2) is 17.7 Å². The van der Waals surface area contributed by atoms with Crippen LogP contribution in [0, 0.1) is 0 Å². The maximum Gasteiger partial charge on any atom is 0.305 e. The molecule has 9 nitrogen and oxygen atoms in total. The quantitative estimate of drug-likeness (QED) is 0.667. The molecule has 3 aliphatic heterocycles. The predicted octanol–water partition coefficient (Wildman–Crippen LogP) is 0.878. The molecule has 0 radical (unpaired) electrons. The van der Waals surface area contributed by atoms with Crippen LogP contribution in [-0.4, -0.2) is 66.9 Å². The number of carbonyl (C=O) groups is 2. The van der Waals surface area contributed by atoms with Crippen molar-refractivity contribution in [2.24, 2.45) is 0 Å². The molecular weight excluding hydrogens is 348 g/mol. The molecule has 0 aliphatic carbocycles. The lowest BCUT2D eigenvalue weighted by Crippen LogP contribution is -2.61. The first-order valence-electron chi connectivity index (χ1n) is 8.65. The van der Waals surface area contributed by atoms with Gasteiger partial charge in [-0.3, -0.25) is 9.59 Å². The fourth-order valence-electron chi connectivity index (χ4n) is 3.54. The summed E-state index contributed by atoms with van der Waals surface area (Å²) in [6.07, 6.45) is -4.42. The van der Waals surface area contributed by atoms with E-state index < -0.39 is 60.3 Å². The highest BCUT2D eigenvalue weighted by atomic mass is 16.8. The van der Waals surface area contributed by atoms with Gasteiger partial charge in [-0.2, -0.15) is 0 Å². The van der Waals surface area contributed by atoms with Gasteiger partial charge in [0.25, 0.3) is 0 Å². The van der Waals surface area contributed by atoms with E-state index in [1.54, 1.807) is 27.7 Å². The second-order valence-electron chi connectivity index (χ2n) is 7.58. The lowest BCUT2D eigenvalue weighted by molar-refractivity contribution is -0.289. The van der Waals surface area contributed by atoms with E-state index in [2.05, 4.69) is 0 Å². The molecule has 0 N–H and O–H groups in total. The number of fused-ring (bicyclic) bond motifs is 1. The van der Waals surface area contributed by atoms with Gasteiger partial charge in [-0.05, 0) is 27.7 Å². The third kappa shape index (κ3) is 4.01. The van der Waals surface area contributed by atoms with Crippen LogP contribution in [0.5, 0.6) is 0 Å². The van der Waals surface area contributed by atoms with Gasteiger partial charge >= 0.3 is 11.9 Å². The Bertz CT molecular complexity index is 573. The highest BCUT2D eigenvalue weighted by molar-refractivity contribution is 5.67. The molecule has 0 bridgehead atoms. The van der Waals surface area contributed by atoms with E-state index in [0.29, 0.717) is 0 Å². The van der Waals surface area contributed by atoms with Crippen molar-refractivity contribution in [1.29, 1.82) is 0 Å². The highest BCUT2D eigenvalue weighted by Gasteiger charge is 2.60. The first kappa shape index (κ1) is 19.5. The number of hydrogen-bond acceptors (Lipinski definition) is 9. The molecule has 3 saturated heterocycles. The minimum Gasteiger partial charge on any atom is -0.453 e. The minimum absolute atomic E-state index is 0.287. The summed E-state index contributed by atoms with van der Waals surface area (Å²) in [5, 5.41) is 0. The molecule has 0 aromatic heterocycles. The van der Waals surface area contributed by atoms with Gasteiger partial charge in [-0.15, -0.1) is 0 Å². The second-order valence-corrected chi connectivity index (χ2v) is 7.58. The smallest absolute Gasteiger partial charge is 0.305 e. The summed E-state index contributed by atoms with van der Waals surface area (Å²) in [6.45, 7) is 9.92. The Kier molecular flexibility index (Phi) is 5.04. The van der Waals surface area contributed by atoms with Gasteiger partial charge in [0.05, 0.1) is 6.61 Å². The van der Waals surface area contributed by atoms with Gasteiger partial charge in [-0.25, -0.2) is 0 Å². The van der Waals surface area contributed by atoms with E-state index in [1.165, 1.54) is 13.8 Å². The van der Waals surface area contributed by atoms with Crippen molar-refractivity contribution in [2.75, 3.05) is 6.61 Å². The van der Waals surface area contributed by atoms with Gasteiger partial charge in [0.2, 0.25) is 6.29 Å². The molecule has 0 unspecified atom stereocenters. The summed E-state index contributed by atoms with van der Waals surface area (Å²) < 4.78 is 40.0. The molecule has 26 heavy (non-hydrogen) atoms. The van der Waals surface area contributed by atoms with Crippen LogP contribution in [0.2, 0.25) is 0 Å². The fraction of sp³-hybridized carbons (Fsp3) is 0.882. The van der Waals surface area contributed by atoms with Crippen molar-refractivity contribution >= 4 is 11.9 Å². The van der Waals surface area contributed by atoms with Crippen molar-refractivity contribution in [1.82, 2.24) is 0 Å². The monoisotopic (exact) mass is 374 g/mol. The molecule has 0 saturated carbocycles. The molecule has 6 atom stereocenters. The minimum atomic E-state index is -1.13. The fourth-order valence-corrected chi connectivity index (χ4v) is 3.54. The lowest BCUT2D eigenvalue weighted by atomic mass is 9.95. The number of ether oxygens (including phenoxy) is 7. The van der Waals surface area contributed by atoms with Crippen molar-refractivity contribution in [3.63, 3.8) is 0 Å². The van der Waals surface area contributed by atoms with Crippen LogP contribution in [0.25, 0.3) is 0 Å². The van der Waals surface area contributed by atoms with E-state index in [4.69, 9.17) is 33.2 Å². The van der Waals surface area contributed by atoms with Crippen LogP contribution >= 0.6 is 0 Å². The first-order valence-corrected chi connectivity index (χ1v) is 8.65. The summed E-state index contributed by atoms with van der Waals surface area (Å²) in [7, 11) is 0. The Labute approximate surface area is 152 Å². The summed E-state index contributed by atoms with van der Waals surface area (Å²) in [5.74, 6) is -2.79. The largest absolute Gasteiger partial charge is 0.453 e. The lowest BCUT2D eigenvalue weighted by Gasteiger charge is -2.42. The van der Waals surface area contributed by atoms with E-state index in [-0.39, 0.29) is 6.61 Å². The molecule has 0 aromatic rings. The van der Waals surface area contributed by atoms with Crippen LogP contribution < -0.4 is 0 Å². The molecule has 9 heteroatoms. The van der Waals surface area contributed by atoms with E-state index in [0.717, 1.165) is 0 Å². The maximum atomic E-state index is 11.6. The topological polar surface area (TPSA) is 98.8 Å². The van der Waals surface area contributed by atoms with Gasteiger partial charge in [-0.1, -0.05) is 0 Å². The van der Waals surface area contributed by atoms with Crippen LogP contribution in [0.1, 0.15) is 41.5 Å². The first-order chi connectivity index (χ1) is 12.0. The molecule has 3 rings (SSSR count). The molecule has 0 spiro atoms. The number of rotatable bonds is 3. The molecule has 0 amide bonds. The molecule has 148 valence electrons. The van der Waals surface area contributed by atoms with Crippen LogP contribution in [0.4, 0.5) is 0 Å². The Balaban J connectivity index is 1.89. The van der Waals surface area contributed by atoms with Crippen molar-refractivity contribution in [3.05, 3.63) is 0 Å². The Hall–Kier alpha value is -1.26. The van der Waals surface area contributed by atoms with Crippen molar-refractivity contribution < 1.29 is 42.7 Å². The third-order valence-electron chi connectivity index (χ3n) is 4.35. The zero-order chi connectivity index (χ0) is 19.3. The standard InChI is InChI=1S/C17H26O9/c1-8(18)21-14-13-12(25-17(5,6)26-13)11(23-15(14)22-9(2)19)10-7-20-16(3,4)24-10/h10-15H,7H2,1-6H3/t10-,11-,12+,13+,14+,15+/m0/s1. The highest BCUT2D eigenvalue weighted by Crippen LogP contribution is 2.42. The average Bonchev–Trinajstić information content (AvgIpc) is 2.99. The van der Waals surface area contributed by atoms with Crippen molar-refractivity contribution in [2.45, 2.75) is 89.9 Å². The number of carbonyl (C=O) groups excluding carboxylic acids is 2. The van der Waals surface area contributed by atoms with E-state index in [9.17, 15) is 9.59 Å². The molecule has 0 aromatic carbocycles. The third-order valence-corrected chi connectivity index (χ3v) is 4.35.